The van der Waals surface area contributed by atoms with Gasteiger partial charge in [0.1, 0.15) is 5.75 Å². The Balaban J connectivity index is 1.96. The minimum absolute atomic E-state index is 0.0554. The Bertz CT molecular complexity index is 528. The normalized spacial score (nSPS) is 12.4. The van der Waals surface area contributed by atoms with Crippen molar-refractivity contribution in [2.45, 2.75) is 38.8 Å². The molecule has 4 nitrogen and oxygen atoms in total. The molecule has 106 valence electrons. The number of pyridine rings is 2. The van der Waals surface area contributed by atoms with Gasteiger partial charge in [0.25, 0.3) is 0 Å². The topological polar surface area (TPSA) is 61.0 Å². The van der Waals surface area contributed by atoms with E-state index in [0.717, 1.165) is 29.8 Å². The van der Waals surface area contributed by atoms with E-state index in [1.165, 1.54) is 0 Å². The van der Waals surface area contributed by atoms with Gasteiger partial charge in [-0.1, -0.05) is 6.07 Å². The van der Waals surface area contributed by atoms with Crippen LogP contribution in [0.4, 0.5) is 0 Å². The first-order valence-corrected chi connectivity index (χ1v) is 6.92. The number of ether oxygens (including phenoxy) is 1. The molecule has 4 heteroatoms. The molecule has 0 aromatic carbocycles. The summed E-state index contributed by atoms with van der Waals surface area (Å²) in [5, 5.41) is 0. The molecule has 20 heavy (non-hydrogen) atoms. The van der Waals surface area contributed by atoms with Crippen molar-refractivity contribution in [1.29, 1.82) is 0 Å². The van der Waals surface area contributed by atoms with Crippen LogP contribution >= 0.6 is 0 Å². The third-order valence-electron chi connectivity index (χ3n) is 2.97. The Labute approximate surface area is 120 Å². The first-order valence-electron chi connectivity index (χ1n) is 6.92. The van der Waals surface area contributed by atoms with E-state index < -0.39 is 0 Å². The van der Waals surface area contributed by atoms with Gasteiger partial charge in [0.15, 0.2) is 0 Å². The fourth-order valence-corrected chi connectivity index (χ4v) is 1.99. The summed E-state index contributed by atoms with van der Waals surface area (Å²) in [6.45, 7) is 3.99. The van der Waals surface area contributed by atoms with Gasteiger partial charge in [-0.05, 0) is 50.5 Å². The Kier molecular flexibility index (Phi) is 5.07. The fourth-order valence-electron chi connectivity index (χ4n) is 1.99. The van der Waals surface area contributed by atoms with Crippen molar-refractivity contribution in [3.05, 3.63) is 54.1 Å². The summed E-state index contributed by atoms with van der Waals surface area (Å²) in [6, 6.07) is 7.84. The molecule has 2 heterocycles. The van der Waals surface area contributed by atoms with Crippen molar-refractivity contribution in [2.75, 3.05) is 0 Å². The van der Waals surface area contributed by atoms with Gasteiger partial charge in [0.05, 0.1) is 12.3 Å². The number of aryl methyl sites for hydroxylation is 1. The van der Waals surface area contributed by atoms with E-state index in [4.69, 9.17) is 10.5 Å². The molecule has 0 aliphatic carbocycles. The number of hydrogen-bond donors (Lipinski definition) is 1. The van der Waals surface area contributed by atoms with Crippen molar-refractivity contribution in [2.24, 2.45) is 5.73 Å². The van der Waals surface area contributed by atoms with Crippen LogP contribution in [0.2, 0.25) is 0 Å². The van der Waals surface area contributed by atoms with Gasteiger partial charge >= 0.3 is 0 Å². The van der Waals surface area contributed by atoms with Crippen LogP contribution in [0, 0.1) is 0 Å². The number of nitrogens with zero attached hydrogens (tertiary/aromatic N) is 2. The van der Waals surface area contributed by atoms with Crippen LogP contribution in [-0.2, 0) is 6.42 Å². The standard InChI is InChI=1S/C16H21N3O/c1-12(2)20-15-9-13(10-18-11-15)16(17)7-6-14-5-3-4-8-19-14/h3-5,8-12,16H,6-7,17H2,1-2H3. The Morgan fingerprint density at radius 3 is 2.80 bits per heavy atom. The van der Waals surface area contributed by atoms with Crippen LogP contribution in [0.1, 0.15) is 37.6 Å². The van der Waals surface area contributed by atoms with E-state index in [0.29, 0.717) is 0 Å². The second-order valence-electron chi connectivity index (χ2n) is 5.09. The Hall–Kier alpha value is -1.94. The lowest BCUT2D eigenvalue weighted by Gasteiger charge is -2.14. The molecule has 2 aromatic heterocycles. The van der Waals surface area contributed by atoms with Crippen LogP contribution in [0.15, 0.2) is 42.9 Å². The van der Waals surface area contributed by atoms with Gasteiger partial charge in [-0.3, -0.25) is 9.97 Å². The molecule has 0 radical (unpaired) electrons. The molecule has 0 saturated heterocycles. The number of hydrogen-bond acceptors (Lipinski definition) is 4. The zero-order valence-corrected chi connectivity index (χ0v) is 12.0. The maximum Gasteiger partial charge on any atom is 0.138 e. The van der Waals surface area contributed by atoms with E-state index in [-0.39, 0.29) is 12.1 Å². The van der Waals surface area contributed by atoms with E-state index in [1.807, 2.05) is 38.1 Å². The zero-order valence-electron chi connectivity index (χ0n) is 12.0. The average Bonchev–Trinajstić information content (AvgIpc) is 2.45. The van der Waals surface area contributed by atoms with Crippen molar-refractivity contribution in [3.63, 3.8) is 0 Å². The quantitative estimate of drug-likeness (QED) is 0.877. The Morgan fingerprint density at radius 2 is 2.10 bits per heavy atom. The number of aromatic nitrogens is 2. The predicted octanol–water partition coefficient (Wildman–Crippen LogP) is 2.90. The predicted molar refractivity (Wildman–Crippen MR) is 79.5 cm³/mol. The van der Waals surface area contributed by atoms with Gasteiger partial charge in [-0.2, -0.15) is 0 Å². The van der Waals surface area contributed by atoms with Gasteiger partial charge in [-0.15, -0.1) is 0 Å². The molecular formula is C16H21N3O. The molecule has 2 aromatic rings. The maximum atomic E-state index is 6.22. The first-order chi connectivity index (χ1) is 9.65. The van der Waals surface area contributed by atoms with Gasteiger partial charge < -0.3 is 10.5 Å². The summed E-state index contributed by atoms with van der Waals surface area (Å²) in [4.78, 5) is 8.50. The molecule has 2 N–H and O–H groups in total. The largest absolute Gasteiger partial charge is 0.489 e. The lowest BCUT2D eigenvalue weighted by molar-refractivity contribution is 0.241. The van der Waals surface area contributed by atoms with E-state index in [1.54, 1.807) is 18.6 Å². The van der Waals surface area contributed by atoms with Crippen LogP contribution in [0.5, 0.6) is 5.75 Å². The second kappa shape index (κ2) is 7.01. The minimum Gasteiger partial charge on any atom is -0.489 e. The maximum absolute atomic E-state index is 6.22. The fraction of sp³-hybridized carbons (Fsp3) is 0.375. The van der Waals surface area contributed by atoms with Gasteiger partial charge in [0.2, 0.25) is 0 Å². The highest BCUT2D eigenvalue weighted by Gasteiger charge is 2.09. The number of rotatable bonds is 6. The van der Waals surface area contributed by atoms with E-state index in [2.05, 4.69) is 9.97 Å². The first kappa shape index (κ1) is 14.5. The van der Waals surface area contributed by atoms with Crippen LogP contribution in [0.25, 0.3) is 0 Å². The van der Waals surface area contributed by atoms with Crippen LogP contribution in [-0.4, -0.2) is 16.1 Å². The summed E-state index contributed by atoms with van der Waals surface area (Å²) >= 11 is 0. The zero-order chi connectivity index (χ0) is 14.4. The van der Waals surface area contributed by atoms with Crippen molar-refractivity contribution >= 4 is 0 Å². The third kappa shape index (κ3) is 4.31. The monoisotopic (exact) mass is 271 g/mol. The average molecular weight is 271 g/mol. The molecule has 0 amide bonds. The smallest absolute Gasteiger partial charge is 0.138 e. The molecule has 0 aliphatic rings. The number of nitrogens with two attached hydrogens (primary N) is 1. The van der Waals surface area contributed by atoms with Gasteiger partial charge in [-0.25, -0.2) is 0 Å². The highest BCUT2D eigenvalue weighted by molar-refractivity contribution is 5.26. The summed E-state index contributed by atoms with van der Waals surface area (Å²) in [7, 11) is 0. The second-order valence-corrected chi connectivity index (χ2v) is 5.09. The SMILES string of the molecule is CC(C)Oc1cncc(C(N)CCc2ccccn2)c1. The molecule has 1 unspecified atom stereocenters. The molecule has 0 aliphatic heterocycles. The molecule has 0 bridgehead atoms. The molecule has 0 spiro atoms. The summed E-state index contributed by atoms with van der Waals surface area (Å²) in [6.07, 6.45) is 7.16. The summed E-state index contributed by atoms with van der Waals surface area (Å²) < 4.78 is 5.64. The van der Waals surface area contributed by atoms with Crippen molar-refractivity contribution < 1.29 is 4.74 Å². The summed E-state index contributed by atoms with van der Waals surface area (Å²) in [5.74, 6) is 0.769. The molecule has 0 saturated carbocycles. The minimum atomic E-state index is -0.0554. The molecule has 1 atom stereocenters. The van der Waals surface area contributed by atoms with Crippen molar-refractivity contribution in [1.82, 2.24) is 9.97 Å². The van der Waals surface area contributed by atoms with E-state index >= 15 is 0 Å². The Morgan fingerprint density at radius 1 is 1.25 bits per heavy atom. The molecular weight excluding hydrogens is 250 g/mol. The highest BCUT2D eigenvalue weighted by Crippen LogP contribution is 2.20. The lowest BCUT2D eigenvalue weighted by atomic mass is 10.0. The van der Waals surface area contributed by atoms with Crippen molar-refractivity contribution in [3.8, 4) is 5.75 Å². The van der Waals surface area contributed by atoms with E-state index in [9.17, 15) is 0 Å². The molecule has 0 fully saturated rings. The highest BCUT2D eigenvalue weighted by atomic mass is 16.5. The lowest BCUT2D eigenvalue weighted by Crippen LogP contribution is -2.13. The summed E-state index contributed by atoms with van der Waals surface area (Å²) in [5.41, 5.74) is 8.28. The van der Waals surface area contributed by atoms with Crippen LogP contribution < -0.4 is 10.5 Å². The van der Waals surface area contributed by atoms with Gasteiger partial charge in [0, 0.05) is 24.1 Å². The van der Waals surface area contributed by atoms with Crippen LogP contribution in [0.3, 0.4) is 0 Å². The third-order valence-corrected chi connectivity index (χ3v) is 2.97. The molecule has 2 rings (SSSR count).